The van der Waals surface area contributed by atoms with Gasteiger partial charge in [-0.1, -0.05) is 29.8 Å². The Labute approximate surface area is 133 Å². The monoisotopic (exact) mass is 304 g/mol. The maximum absolute atomic E-state index is 12.5. The van der Waals surface area contributed by atoms with Crippen molar-refractivity contribution >= 4 is 6.03 Å². The standard InChI is InChI=1S/C18H28N2O2/c1-5-20(12-18(3,4)22)17(21)19-16(15-10-11-15)14-8-6-13(2)7-9-14/h6-9,15-16,22H,5,10-12H2,1-4H3,(H,19,21). The molecule has 1 unspecified atom stereocenters. The van der Waals surface area contributed by atoms with Crippen LogP contribution in [0.3, 0.4) is 0 Å². The summed E-state index contributed by atoms with van der Waals surface area (Å²) < 4.78 is 0. The molecular formula is C18H28N2O2. The van der Waals surface area contributed by atoms with E-state index in [1.165, 1.54) is 11.1 Å². The van der Waals surface area contributed by atoms with Gasteiger partial charge in [-0.15, -0.1) is 0 Å². The zero-order chi connectivity index (χ0) is 16.3. The van der Waals surface area contributed by atoms with Gasteiger partial charge in [0.1, 0.15) is 0 Å². The van der Waals surface area contributed by atoms with E-state index in [4.69, 9.17) is 0 Å². The van der Waals surface area contributed by atoms with Crippen molar-refractivity contribution in [3.63, 3.8) is 0 Å². The number of nitrogens with one attached hydrogen (secondary N) is 1. The lowest BCUT2D eigenvalue weighted by atomic mass is 10.0. The summed E-state index contributed by atoms with van der Waals surface area (Å²) in [6.45, 7) is 8.37. The number of carbonyl (C=O) groups excluding carboxylic acids is 1. The summed E-state index contributed by atoms with van der Waals surface area (Å²) in [6.07, 6.45) is 2.33. The molecule has 0 aliphatic heterocycles. The van der Waals surface area contributed by atoms with Crippen molar-refractivity contribution in [2.75, 3.05) is 13.1 Å². The molecule has 1 saturated carbocycles. The fourth-order valence-electron chi connectivity index (χ4n) is 2.70. The van der Waals surface area contributed by atoms with Gasteiger partial charge in [0.25, 0.3) is 0 Å². The Morgan fingerprint density at radius 1 is 1.36 bits per heavy atom. The minimum absolute atomic E-state index is 0.0731. The lowest BCUT2D eigenvalue weighted by Crippen LogP contribution is -2.47. The number of urea groups is 1. The van der Waals surface area contributed by atoms with E-state index in [0.717, 1.165) is 12.8 Å². The highest BCUT2D eigenvalue weighted by Gasteiger charge is 2.34. The van der Waals surface area contributed by atoms with Crippen LogP contribution in [0.15, 0.2) is 24.3 Å². The van der Waals surface area contributed by atoms with Crippen LogP contribution in [0.25, 0.3) is 0 Å². The zero-order valence-electron chi connectivity index (χ0n) is 14.1. The molecule has 4 heteroatoms. The molecule has 1 aromatic carbocycles. The van der Waals surface area contributed by atoms with Crippen LogP contribution in [0, 0.1) is 12.8 Å². The molecule has 0 saturated heterocycles. The molecule has 2 N–H and O–H groups in total. The number of rotatable bonds is 6. The van der Waals surface area contributed by atoms with E-state index in [9.17, 15) is 9.90 Å². The Balaban J connectivity index is 2.07. The third-order valence-corrected chi connectivity index (χ3v) is 4.06. The molecule has 2 rings (SSSR count). The topological polar surface area (TPSA) is 52.6 Å². The number of amides is 2. The second-order valence-corrected chi connectivity index (χ2v) is 7.00. The molecule has 0 spiro atoms. The maximum Gasteiger partial charge on any atom is 0.317 e. The van der Waals surface area contributed by atoms with Crippen molar-refractivity contribution in [1.29, 1.82) is 0 Å². The molecule has 0 radical (unpaired) electrons. The molecule has 0 bridgehead atoms. The van der Waals surface area contributed by atoms with Crippen molar-refractivity contribution in [3.05, 3.63) is 35.4 Å². The van der Waals surface area contributed by atoms with Crippen molar-refractivity contribution in [2.45, 2.75) is 52.2 Å². The van der Waals surface area contributed by atoms with Gasteiger partial charge in [-0.05, 0) is 52.0 Å². The van der Waals surface area contributed by atoms with Crippen LogP contribution in [0.4, 0.5) is 4.79 Å². The van der Waals surface area contributed by atoms with E-state index in [0.29, 0.717) is 19.0 Å². The summed E-state index contributed by atoms with van der Waals surface area (Å²) in [4.78, 5) is 14.2. The molecule has 2 amide bonds. The van der Waals surface area contributed by atoms with Gasteiger partial charge >= 0.3 is 6.03 Å². The van der Waals surface area contributed by atoms with Crippen LogP contribution in [0.5, 0.6) is 0 Å². The summed E-state index contributed by atoms with van der Waals surface area (Å²) in [6, 6.07) is 8.36. The van der Waals surface area contributed by atoms with Gasteiger partial charge in [-0.2, -0.15) is 0 Å². The van der Waals surface area contributed by atoms with Crippen molar-refractivity contribution in [2.24, 2.45) is 5.92 Å². The van der Waals surface area contributed by atoms with Crippen molar-refractivity contribution in [1.82, 2.24) is 10.2 Å². The highest BCUT2D eigenvalue weighted by atomic mass is 16.3. The van der Waals surface area contributed by atoms with Crippen LogP contribution in [-0.2, 0) is 0 Å². The Hall–Kier alpha value is -1.55. The Morgan fingerprint density at radius 3 is 2.41 bits per heavy atom. The summed E-state index contributed by atoms with van der Waals surface area (Å²) in [5.41, 5.74) is 1.51. The van der Waals surface area contributed by atoms with E-state index < -0.39 is 5.60 Å². The summed E-state index contributed by atoms with van der Waals surface area (Å²) in [5.74, 6) is 0.535. The first kappa shape index (κ1) is 16.8. The predicted octanol–water partition coefficient (Wildman–Crippen LogP) is 3.25. The Morgan fingerprint density at radius 2 is 1.95 bits per heavy atom. The summed E-state index contributed by atoms with van der Waals surface area (Å²) >= 11 is 0. The molecule has 1 aromatic rings. The molecule has 4 nitrogen and oxygen atoms in total. The number of nitrogens with zero attached hydrogens (tertiary/aromatic N) is 1. The maximum atomic E-state index is 12.5. The van der Waals surface area contributed by atoms with Gasteiger partial charge in [-0.25, -0.2) is 4.79 Å². The normalized spacial score (nSPS) is 16.2. The van der Waals surface area contributed by atoms with E-state index in [1.54, 1.807) is 18.7 Å². The summed E-state index contributed by atoms with van der Waals surface area (Å²) in [7, 11) is 0. The zero-order valence-corrected chi connectivity index (χ0v) is 14.1. The van der Waals surface area contributed by atoms with Gasteiger partial charge in [0.15, 0.2) is 0 Å². The van der Waals surface area contributed by atoms with Gasteiger partial charge in [-0.3, -0.25) is 0 Å². The largest absolute Gasteiger partial charge is 0.389 e. The van der Waals surface area contributed by atoms with Crippen LogP contribution in [0.2, 0.25) is 0 Å². The van der Waals surface area contributed by atoms with E-state index >= 15 is 0 Å². The first-order valence-electron chi connectivity index (χ1n) is 8.14. The molecule has 22 heavy (non-hydrogen) atoms. The van der Waals surface area contributed by atoms with Crippen LogP contribution in [0.1, 0.15) is 50.8 Å². The average molecular weight is 304 g/mol. The average Bonchev–Trinajstić information content (AvgIpc) is 3.26. The highest BCUT2D eigenvalue weighted by molar-refractivity contribution is 5.75. The number of hydrogen-bond acceptors (Lipinski definition) is 2. The van der Waals surface area contributed by atoms with E-state index in [2.05, 4.69) is 36.5 Å². The SMILES string of the molecule is CCN(CC(C)(C)O)C(=O)NC(c1ccc(C)cc1)C1CC1. The smallest absolute Gasteiger partial charge is 0.317 e. The molecule has 1 fully saturated rings. The minimum atomic E-state index is -0.883. The summed E-state index contributed by atoms with van der Waals surface area (Å²) in [5, 5.41) is 13.1. The fourth-order valence-corrected chi connectivity index (χ4v) is 2.70. The third-order valence-electron chi connectivity index (χ3n) is 4.06. The first-order chi connectivity index (χ1) is 10.3. The highest BCUT2D eigenvalue weighted by Crippen LogP contribution is 2.41. The number of aryl methyl sites for hydroxylation is 1. The van der Waals surface area contributed by atoms with Crippen molar-refractivity contribution < 1.29 is 9.90 Å². The van der Waals surface area contributed by atoms with Crippen LogP contribution >= 0.6 is 0 Å². The second-order valence-electron chi connectivity index (χ2n) is 7.00. The molecule has 0 heterocycles. The quantitative estimate of drug-likeness (QED) is 0.847. The Kier molecular flexibility index (Phi) is 5.12. The second kappa shape index (κ2) is 6.69. The molecule has 122 valence electrons. The van der Waals surface area contributed by atoms with Crippen LogP contribution in [-0.4, -0.2) is 34.7 Å². The molecule has 0 aromatic heterocycles. The number of likely N-dealkylation sites (N-methyl/N-ethyl adjacent to an activating group) is 1. The van der Waals surface area contributed by atoms with Gasteiger partial charge in [0.05, 0.1) is 18.2 Å². The van der Waals surface area contributed by atoms with Crippen LogP contribution < -0.4 is 5.32 Å². The minimum Gasteiger partial charge on any atom is -0.389 e. The fraction of sp³-hybridized carbons (Fsp3) is 0.611. The van der Waals surface area contributed by atoms with Gasteiger partial charge in [0.2, 0.25) is 0 Å². The van der Waals surface area contributed by atoms with Gasteiger partial charge in [0, 0.05) is 6.54 Å². The molecule has 1 atom stereocenters. The lowest BCUT2D eigenvalue weighted by molar-refractivity contribution is 0.0474. The number of benzene rings is 1. The predicted molar refractivity (Wildman–Crippen MR) is 88.7 cm³/mol. The molecule has 1 aliphatic carbocycles. The molecule has 1 aliphatic rings. The van der Waals surface area contributed by atoms with E-state index in [-0.39, 0.29) is 12.1 Å². The first-order valence-corrected chi connectivity index (χ1v) is 8.14. The molecular weight excluding hydrogens is 276 g/mol. The van der Waals surface area contributed by atoms with E-state index in [1.807, 2.05) is 6.92 Å². The van der Waals surface area contributed by atoms with Crippen molar-refractivity contribution in [3.8, 4) is 0 Å². The third kappa shape index (κ3) is 4.73. The Bertz CT molecular complexity index is 501. The number of carbonyl (C=O) groups is 1. The lowest BCUT2D eigenvalue weighted by Gasteiger charge is -2.30. The van der Waals surface area contributed by atoms with Gasteiger partial charge < -0.3 is 15.3 Å². The number of hydrogen-bond donors (Lipinski definition) is 2. The number of aliphatic hydroxyl groups is 1.